The molecule has 8 heteroatoms. The number of halogens is 2. The first-order valence-corrected chi connectivity index (χ1v) is 10.9. The Morgan fingerprint density at radius 3 is 2.31 bits per heavy atom. The molecule has 5 nitrogen and oxygen atoms in total. The van der Waals surface area contributed by atoms with Gasteiger partial charge in [0.15, 0.2) is 0 Å². The topological polar surface area (TPSA) is 66.5 Å². The summed E-state index contributed by atoms with van der Waals surface area (Å²) in [6.45, 7) is 1.41. The summed E-state index contributed by atoms with van der Waals surface area (Å²) in [5.41, 5.74) is 1.75. The minimum atomic E-state index is -4.08. The highest BCUT2D eigenvalue weighted by Crippen LogP contribution is 2.24. The van der Waals surface area contributed by atoms with Crippen molar-refractivity contribution < 1.29 is 17.6 Å². The molecule has 0 saturated heterocycles. The third kappa shape index (κ3) is 5.02. The van der Waals surface area contributed by atoms with E-state index in [1.165, 1.54) is 12.1 Å². The average Bonchev–Trinajstić information content (AvgIpc) is 2.69. The van der Waals surface area contributed by atoms with Crippen LogP contribution in [0.5, 0.6) is 0 Å². The van der Waals surface area contributed by atoms with Gasteiger partial charge in [0, 0.05) is 10.2 Å². The summed E-state index contributed by atoms with van der Waals surface area (Å²) in [5.74, 6) is -1.04. The van der Waals surface area contributed by atoms with Crippen molar-refractivity contribution >= 4 is 43.2 Å². The molecule has 0 bridgehead atoms. The lowest BCUT2D eigenvalue weighted by atomic mass is 10.2. The lowest BCUT2D eigenvalue weighted by Crippen LogP contribution is -2.38. The fourth-order valence-electron chi connectivity index (χ4n) is 2.73. The monoisotopic (exact) mass is 476 g/mol. The van der Waals surface area contributed by atoms with Crippen LogP contribution in [0.4, 0.5) is 15.8 Å². The second kappa shape index (κ2) is 8.75. The molecule has 29 heavy (non-hydrogen) atoms. The molecule has 3 rings (SSSR count). The van der Waals surface area contributed by atoms with E-state index in [2.05, 4.69) is 21.2 Å². The van der Waals surface area contributed by atoms with E-state index in [4.69, 9.17) is 0 Å². The van der Waals surface area contributed by atoms with Gasteiger partial charge in [0.25, 0.3) is 10.0 Å². The average molecular weight is 477 g/mol. The minimum Gasteiger partial charge on any atom is -0.324 e. The lowest BCUT2D eigenvalue weighted by molar-refractivity contribution is -0.114. The largest absolute Gasteiger partial charge is 0.324 e. The maximum Gasteiger partial charge on any atom is 0.264 e. The molecule has 0 aliphatic carbocycles. The van der Waals surface area contributed by atoms with Crippen LogP contribution < -0.4 is 9.62 Å². The molecule has 3 aromatic rings. The lowest BCUT2D eigenvalue weighted by Gasteiger charge is -2.24. The van der Waals surface area contributed by atoms with Crippen LogP contribution in [0.3, 0.4) is 0 Å². The number of para-hydroxylation sites is 1. The first kappa shape index (κ1) is 21.0. The summed E-state index contributed by atoms with van der Waals surface area (Å²) in [4.78, 5) is 12.6. The molecule has 0 aliphatic heterocycles. The summed E-state index contributed by atoms with van der Waals surface area (Å²) in [5, 5.41) is 2.74. The highest BCUT2D eigenvalue weighted by Gasteiger charge is 2.27. The van der Waals surface area contributed by atoms with Crippen molar-refractivity contribution in [1.82, 2.24) is 0 Å². The summed E-state index contributed by atoms with van der Waals surface area (Å²) >= 11 is 3.36. The van der Waals surface area contributed by atoms with Crippen molar-refractivity contribution in [2.75, 3.05) is 16.2 Å². The zero-order chi connectivity index (χ0) is 21.0. The Kier molecular flexibility index (Phi) is 6.34. The van der Waals surface area contributed by atoms with Crippen molar-refractivity contribution in [3.63, 3.8) is 0 Å². The number of rotatable bonds is 6. The van der Waals surface area contributed by atoms with Crippen LogP contribution in [0, 0.1) is 12.7 Å². The van der Waals surface area contributed by atoms with Gasteiger partial charge >= 0.3 is 0 Å². The van der Waals surface area contributed by atoms with Crippen molar-refractivity contribution in [3.8, 4) is 0 Å². The number of carbonyl (C=O) groups is 1. The van der Waals surface area contributed by atoms with Crippen LogP contribution >= 0.6 is 15.9 Å². The van der Waals surface area contributed by atoms with Gasteiger partial charge in [0.1, 0.15) is 12.4 Å². The maximum absolute atomic E-state index is 13.2. The number of aryl methyl sites for hydroxylation is 1. The highest BCUT2D eigenvalue weighted by molar-refractivity contribution is 9.10. The van der Waals surface area contributed by atoms with Gasteiger partial charge < -0.3 is 5.32 Å². The van der Waals surface area contributed by atoms with Gasteiger partial charge in [-0.25, -0.2) is 12.8 Å². The third-order valence-corrected chi connectivity index (χ3v) is 6.48. The van der Waals surface area contributed by atoms with Crippen LogP contribution in [0.2, 0.25) is 0 Å². The van der Waals surface area contributed by atoms with E-state index in [0.717, 1.165) is 26.5 Å². The van der Waals surface area contributed by atoms with E-state index >= 15 is 0 Å². The number of nitrogens with one attached hydrogen (secondary N) is 1. The number of carbonyl (C=O) groups excluding carboxylic acids is 1. The number of sulfonamides is 1. The van der Waals surface area contributed by atoms with E-state index in [0.29, 0.717) is 11.4 Å². The number of nitrogens with zero attached hydrogens (tertiary/aromatic N) is 1. The van der Waals surface area contributed by atoms with Gasteiger partial charge in [0.05, 0.1) is 10.6 Å². The first-order chi connectivity index (χ1) is 13.8. The Bertz CT molecular complexity index is 1120. The van der Waals surface area contributed by atoms with E-state index in [-0.39, 0.29) is 4.90 Å². The fourth-order valence-corrected chi connectivity index (χ4v) is 4.63. The maximum atomic E-state index is 13.2. The van der Waals surface area contributed by atoms with Crippen LogP contribution in [0.25, 0.3) is 0 Å². The number of hydrogen-bond donors (Lipinski definition) is 1. The first-order valence-electron chi connectivity index (χ1n) is 8.67. The summed E-state index contributed by atoms with van der Waals surface area (Å²) < 4.78 is 41.4. The third-order valence-electron chi connectivity index (χ3n) is 4.20. The molecule has 0 heterocycles. The van der Waals surface area contributed by atoms with E-state index < -0.39 is 28.3 Å². The van der Waals surface area contributed by atoms with Crippen molar-refractivity contribution in [1.29, 1.82) is 0 Å². The Labute approximate surface area is 177 Å². The van der Waals surface area contributed by atoms with Crippen LogP contribution in [0.1, 0.15) is 5.56 Å². The Balaban J connectivity index is 1.92. The molecular formula is C21H18BrFN2O3S. The zero-order valence-electron chi connectivity index (χ0n) is 15.5. The molecule has 1 N–H and O–H groups in total. The molecule has 0 fully saturated rings. The van der Waals surface area contributed by atoms with E-state index in [9.17, 15) is 17.6 Å². The number of hydrogen-bond acceptors (Lipinski definition) is 3. The molecule has 0 aliphatic rings. The van der Waals surface area contributed by atoms with Gasteiger partial charge in [-0.1, -0.05) is 34.1 Å². The molecule has 3 aromatic carbocycles. The van der Waals surface area contributed by atoms with E-state index in [1.54, 1.807) is 42.5 Å². The van der Waals surface area contributed by atoms with Crippen LogP contribution in [0.15, 0.2) is 82.2 Å². The number of benzene rings is 3. The molecule has 1 amide bonds. The summed E-state index contributed by atoms with van der Waals surface area (Å²) in [6.07, 6.45) is 0. The van der Waals surface area contributed by atoms with Gasteiger partial charge in [0.2, 0.25) is 5.91 Å². The smallest absolute Gasteiger partial charge is 0.264 e. The number of amides is 1. The zero-order valence-corrected chi connectivity index (χ0v) is 17.9. The van der Waals surface area contributed by atoms with Gasteiger partial charge in [-0.2, -0.15) is 0 Å². The Morgan fingerprint density at radius 2 is 1.69 bits per heavy atom. The predicted octanol–water partition coefficient (Wildman–Crippen LogP) is 4.73. The highest BCUT2D eigenvalue weighted by atomic mass is 79.9. The van der Waals surface area contributed by atoms with Crippen molar-refractivity contribution in [2.45, 2.75) is 11.8 Å². The predicted molar refractivity (Wildman–Crippen MR) is 115 cm³/mol. The second-order valence-electron chi connectivity index (χ2n) is 6.31. The van der Waals surface area contributed by atoms with Gasteiger partial charge in [-0.05, 0) is 67.1 Å². The van der Waals surface area contributed by atoms with Crippen molar-refractivity contribution in [2.24, 2.45) is 0 Å². The normalized spacial score (nSPS) is 11.1. The van der Waals surface area contributed by atoms with Gasteiger partial charge in [-0.15, -0.1) is 0 Å². The molecule has 0 saturated carbocycles. The standard InChI is InChI=1S/C21H18BrFN2O3S/c1-15-13-16(22)7-12-20(15)24-21(26)14-25(18-5-3-2-4-6-18)29(27,28)19-10-8-17(23)9-11-19/h2-13H,14H2,1H3,(H,24,26). The number of anilines is 2. The Hall–Kier alpha value is -2.71. The summed E-state index contributed by atoms with van der Waals surface area (Å²) in [6, 6.07) is 18.2. The summed E-state index contributed by atoms with van der Waals surface area (Å²) in [7, 11) is -4.08. The molecule has 0 aromatic heterocycles. The van der Waals surface area contributed by atoms with Gasteiger partial charge in [-0.3, -0.25) is 9.10 Å². The molecule has 0 radical (unpaired) electrons. The van der Waals surface area contributed by atoms with Crippen molar-refractivity contribution in [3.05, 3.63) is 88.6 Å². The molecule has 0 spiro atoms. The SMILES string of the molecule is Cc1cc(Br)ccc1NC(=O)CN(c1ccccc1)S(=O)(=O)c1ccc(F)cc1. The molecule has 0 atom stereocenters. The van der Waals surface area contributed by atoms with E-state index in [1.807, 2.05) is 13.0 Å². The second-order valence-corrected chi connectivity index (χ2v) is 9.09. The quantitative estimate of drug-likeness (QED) is 0.558. The minimum absolute atomic E-state index is 0.102. The Morgan fingerprint density at radius 1 is 1.03 bits per heavy atom. The van der Waals surface area contributed by atoms with Crippen LogP contribution in [-0.2, 0) is 14.8 Å². The molecular weight excluding hydrogens is 459 g/mol. The fraction of sp³-hybridized carbons (Fsp3) is 0.0952. The molecule has 150 valence electrons. The van der Waals surface area contributed by atoms with Crippen LogP contribution in [-0.4, -0.2) is 20.9 Å². The molecule has 0 unspecified atom stereocenters.